The Morgan fingerprint density at radius 1 is 1.55 bits per heavy atom. The molecule has 1 aromatic rings. The van der Waals surface area contributed by atoms with Crippen molar-refractivity contribution in [2.24, 2.45) is 5.73 Å². The molecular formula is C9H13NO. The number of furan rings is 1. The third-order valence-electron chi connectivity index (χ3n) is 2.08. The highest BCUT2D eigenvalue weighted by molar-refractivity contribution is 5.16. The van der Waals surface area contributed by atoms with Crippen molar-refractivity contribution >= 4 is 0 Å². The van der Waals surface area contributed by atoms with Crippen LogP contribution in [0.1, 0.15) is 43.2 Å². The van der Waals surface area contributed by atoms with Crippen molar-refractivity contribution in [3.63, 3.8) is 0 Å². The molecule has 1 aliphatic carbocycles. The number of rotatable bonds is 2. The van der Waals surface area contributed by atoms with Crippen LogP contribution in [-0.2, 0) is 0 Å². The van der Waals surface area contributed by atoms with Crippen molar-refractivity contribution < 1.29 is 4.42 Å². The monoisotopic (exact) mass is 151 g/mol. The second-order valence-electron chi connectivity index (χ2n) is 3.30. The lowest BCUT2D eigenvalue weighted by molar-refractivity contribution is 0.443. The summed E-state index contributed by atoms with van der Waals surface area (Å²) in [6.07, 6.45) is 2.57. The van der Waals surface area contributed by atoms with Gasteiger partial charge >= 0.3 is 0 Å². The van der Waals surface area contributed by atoms with Crippen molar-refractivity contribution in [3.8, 4) is 0 Å². The lowest BCUT2D eigenvalue weighted by Gasteiger charge is -1.98. The molecule has 0 aromatic carbocycles. The molecule has 0 bridgehead atoms. The first kappa shape index (κ1) is 6.92. The van der Waals surface area contributed by atoms with Gasteiger partial charge in [0, 0.05) is 5.92 Å². The zero-order valence-corrected chi connectivity index (χ0v) is 6.71. The first-order valence-electron chi connectivity index (χ1n) is 4.12. The quantitative estimate of drug-likeness (QED) is 0.703. The Balaban J connectivity index is 2.18. The van der Waals surface area contributed by atoms with Gasteiger partial charge < -0.3 is 10.2 Å². The largest absolute Gasteiger partial charge is 0.464 e. The zero-order chi connectivity index (χ0) is 7.84. The molecule has 2 rings (SSSR count). The van der Waals surface area contributed by atoms with Gasteiger partial charge in [0.1, 0.15) is 11.5 Å². The van der Waals surface area contributed by atoms with E-state index >= 15 is 0 Å². The van der Waals surface area contributed by atoms with Gasteiger partial charge in [-0.05, 0) is 31.9 Å². The zero-order valence-electron chi connectivity index (χ0n) is 6.71. The second-order valence-corrected chi connectivity index (χ2v) is 3.30. The fourth-order valence-electron chi connectivity index (χ4n) is 1.20. The van der Waals surface area contributed by atoms with Gasteiger partial charge in [-0.2, -0.15) is 0 Å². The Labute approximate surface area is 66.4 Å². The van der Waals surface area contributed by atoms with Crippen LogP contribution >= 0.6 is 0 Å². The molecule has 1 unspecified atom stereocenters. The van der Waals surface area contributed by atoms with E-state index in [0.717, 1.165) is 11.5 Å². The van der Waals surface area contributed by atoms with Crippen LogP contribution in [-0.4, -0.2) is 0 Å². The lowest BCUT2D eigenvalue weighted by Crippen LogP contribution is -2.02. The van der Waals surface area contributed by atoms with Crippen molar-refractivity contribution in [2.45, 2.75) is 31.7 Å². The molecule has 1 aliphatic rings. The third-order valence-corrected chi connectivity index (χ3v) is 2.08. The minimum absolute atomic E-state index is 0.0301. The highest BCUT2D eigenvalue weighted by Gasteiger charge is 2.26. The van der Waals surface area contributed by atoms with Crippen LogP contribution in [0.4, 0.5) is 0 Å². The molecule has 0 aliphatic heterocycles. The van der Waals surface area contributed by atoms with Gasteiger partial charge in [0.25, 0.3) is 0 Å². The van der Waals surface area contributed by atoms with E-state index in [4.69, 9.17) is 10.2 Å². The fourth-order valence-corrected chi connectivity index (χ4v) is 1.20. The predicted molar refractivity (Wildman–Crippen MR) is 43.3 cm³/mol. The van der Waals surface area contributed by atoms with Gasteiger partial charge in [0.05, 0.1) is 6.04 Å². The van der Waals surface area contributed by atoms with Gasteiger partial charge in [-0.15, -0.1) is 0 Å². The summed E-state index contributed by atoms with van der Waals surface area (Å²) in [4.78, 5) is 0. The predicted octanol–water partition coefficient (Wildman–Crippen LogP) is 2.18. The number of nitrogens with two attached hydrogens (primary N) is 1. The Morgan fingerprint density at radius 2 is 2.27 bits per heavy atom. The van der Waals surface area contributed by atoms with Crippen LogP contribution in [0.5, 0.6) is 0 Å². The maximum Gasteiger partial charge on any atom is 0.120 e. The van der Waals surface area contributed by atoms with E-state index in [-0.39, 0.29) is 6.04 Å². The first-order valence-corrected chi connectivity index (χ1v) is 4.12. The van der Waals surface area contributed by atoms with Gasteiger partial charge in [-0.3, -0.25) is 0 Å². The summed E-state index contributed by atoms with van der Waals surface area (Å²) in [7, 11) is 0. The van der Waals surface area contributed by atoms with Crippen LogP contribution in [0.3, 0.4) is 0 Å². The summed E-state index contributed by atoms with van der Waals surface area (Å²) in [6, 6.07) is 4.07. The lowest BCUT2D eigenvalue weighted by atomic mass is 10.3. The highest BCUT2D eigenvalue weighted by Crippen LogP contribution is 2.41. The summed E-state index contributed by atoms with van der Waals surface area (Å²) in [5.74, 6) is 2.73. The van der Waals surface area contributed by atoms with Crippen molar-refractivity contribution in [1.29, 1.82) is 0 Å². The average Bonchev–Trinajstić information content (AvgIpc) is 2.68. The van der Waals surface area contributed by atoms with Crippen LogP contribution in [0.25, 0.3) is 0 Å². The highest BCUT2D eigenvalue weighted by atomic mass is 16.3. The minimum atomic E-state index is 0.0301. The van der Waals surface area contributed by atoms with E-state index in [1.165, 1.54) is 12.8 Å². The molecule has 1 heterocycles. The Hall–Kier alpha value is -0.760. The molecule has 2 nitrogen and oxygen atoms in total. The van der Waals surface area contributed by atoms with Gasteiger partial charge in [0.15, 0.2) is 0 Å². The molecule has 1 fully saturated rings. The van der Waals surface area contributed by atoms with Crippen LogP contribution in [0.15, 0.2) is 16.5 Å². The molecule has 60 valence electrons. The third kappa shape index (κ3) is 1.31. The Bertz CT molecular complexity index is 231. The van der Waals surface area contributed by atoms with Crippen LogP contribution in [0, 0.1) is 0 Å². The molecule has 1 atom stereocenters. The molecule has 1 saturated carbocycles. The Morgan fingerprint density at radius 3 is 2.73 bits per heavy atom. The van der Waals surface area contributed by atoms with Crippen molar-refractivity contribution in [2.75, 3.05) is 0 Å². The average molecular weight is 151 g/mol. The summed E-state index contributed by atoms with van der Waals surface area (Å²) in [5.41, 5.74) is 5.65. The molecule has 2 N–H and O–H groups in total. The van der Waals surface area contributed by atoms with E-state index in [1.807, 2.05) is 13.0 Å². The first-order chi connectivity index (χ1) is 5.27. The van der Waals surface area contributed by atoms with Crippen molar-refractivity contribution in [1.82, 2.24) is 0 Å². The fraction of sp³-hybridized carbons (Fsp3) is 0.556. The molecule has 11 heavy (non-hydrogen) atoms. The molecule has 0 saturated heterocycles. The van der Waals surface area contributed by atoms with Crippen LogP contribution in [0.2, 0.25) is 0 Å². The van der Waals surface area contributed by atoms with E-state index in [2.05, 4.69) is 6.07 Å². The molecule has 0 radical (unpaired) electrons. The maximum atomic E-state index is 5.65. The summed E-state index contributed by atoms with van der Waals surface area (Å²) in [5, 5.41) is 0. The molecule has 0 amide bonds. The molecule has 2 heteroatoms. The number of hydrogen-bond acceptors (Lipinski definition) is 2. The number of hydrogen-bond donors (Lipinski definition) is 1. The topological polar surface area (TPSA) is 39.2 Å². The smallest absolute Gasteiger partial charge is 0.120 e. The van der Waals surface area contributed by atoms with E-state index in [9.17, 15) is 0 Å². The maximum absolute atomic E-state index is 5.65. The summed E-state index contributed by atoms with van der Waals surface area (Å²) < 4.78 is 5.54. The molecule has 0 spiro atoms. The molecular weight excluding hydrogens is 138 g/mol. The second kappa shape index (κ2) is 2.38. The van der Waals surface area contributed by atoms with E-state index in [1.54, 1.807) is 0 Å². The van der Waals surface area contributed by atoms with E-state index < -0.39 is 0 Å². The van der Waals surface area contributed by atoms with Crippen molar-refractivity contribution in [3.05, 3.63) is 23.7 Å². The summed E-state index contributed by atoms with van der Waals surface area (Å²) in [6.45, 7) is 1.94. The Kier molecular flexibility index (Phi) is 1.50. The van der Waals surface area contributed by atoms with Gasteiger partial charge in [-0.1, -0.05) is 0 Å². The standard InChI is InChI=1S/C9H13NO/c1-6(10)8-4-5-9(11-8)7-2-3-7/h4-7H,2-3,10H2,1H3. The van der Waals surface area contributed by atoms with Crippen LogP contribution < -0.4 is 5.73 Å². The molecule has 1 aromatic heterocycles. The van der Waals surface area contributed by atoms with E-state index in [0.29, 0.717) is 5.92 Å². The normalized spacial score (nSPS) is 20.2. The SMILES string of the molecule is CC(N)c1ccc(C2CC2)o1. The van der Waals surface area contributed by atoms with Gasteiger partial charge in [0.2, 0.25) is 0 Å². The summed E-state index contributed by atoms with van der Waals surface area (Å²) >= 11 is 0. The van der Waals surface area contributed by atoms with Gasteiger partial charge in [-0.25, -0.2) is 0 Å². The minimum Gasteiger partial charge on any atom is -0.464 e.